The molecule has 3 aromatic rings. The van der Waals surface area contributed by atoms with Crippen LogP contribution in [0.2, 0.25) is 0 Å². The highest BCUT2D eigenvalue weighted by molar-refractivity contribution is 9.09. The molecule has 0 saturated carbocycles. The van der Waals surface area contributed by atoms with Crippen LogP contribution in [0.1, 0.15) is 42.9 Å². The molecule has 0 aliphatic rings. The summed E-state index contributed by atoms with van der Waals surface area (Å²) in [7, 11) is 3.21. The fourth-order valence-corrected chi connectivity index (χ4v) is 5.42. The first-order chi connectivity index (χ1) is 12.6. The number of halogens is 1. The van der Waals surface area contributed by atoms with E-state index in [1.54, 1.807) is 0 Å². The fraction of sp³-hybridized carbons (Fsp3) is 0.250. The Morgan fingerprint density at radius 1 is 0.692 bits per heavy atom. The van der Waals surface area contributed by atoms with Crippen LogP contribution in [-0.2, 0) is 9.48 Å². The Kier molecular flexibility index (Phi) is 6.33. The molecular weight excluding hydrogens is 399 g/mol. The zero-order valence-electron chi connectivity index (χ0n) is 15.2. The second-order valence-electron chi connectivity index (χ2n) is 6.81. The van der Waals surface area contributed by atoms with E-state index in [2.05, 4.69) is 123 Å². The molecular formula is C24H26BrP. The molecule has 0 heterocycles. The van der Waals surface area contributed by atoms with Gasteiger partial charge in [0, 0.05) is 0 Å². The molecule has 0 aromatic heterocycles. The number of alkyl halides is 1. The summed E-state index contributed by atoms with van der Waals surface area (Å²) >= 11 is 4.27. The molecule has 2 atom stereocenters. The van der Waals surface area contributed by atoms with Crippen LogP contribution in [0, 0.1) is 0 Å². The van der Waals surface area contributed by atoms with Gasteiger partial charge in [0.2, 0.25) is 0 Å². The fourth-order valence-electron chi connectivity index (χ4n) is 3.72. The van der Waals surface area contributed by atoms with Gasteiger partial charge in [-0.25, -0.2) is 0 Å². The minimum Gasteiger partial charge on any atom is -0.120 e. The lowest BCUT2D eigenvalue weighted by molar-refractivity contribution is 0.461. The second-order valence-corrected chi connectivity index (χ2v) is 9.03. The summed E-state index contributed by atoms with van der Waals surface area (Å²) in [6, 6.07) is 32.5. The lowest BCUT2D eigenvalue weighted by Gasteiger charge is -2.46. The predicted octanol–water partition coefficient (Wildman–Crippen LogP) is 7.29. The van der Waals surface area contributed by atoms with Crippen LogP contribution in [-0.4, -0.2) is 0 Å². The standard InChI is InChI=1S/C24H26BrP/c1-2-3-19-23(25,20-13-7-4-8-14-20)24(26,21-15-9-5-10-16-21)22-17-11-6-12-18-22/h4-18H,2-3,19,26H2,1H3. The van der Waals surface area contributed by atoms with Crippen LogP contribution >= 0.6 is 25.2 Å². The second kappa shape index (κ2) is 8.51. The quantitative estimate of drug-likeness (QED) is 0.276. The molecule has 3 rings (SSSR count). The third-order valence-corrected chi connectivity index (χ3v) is 8.25. The maximum atomic E-state index is 4.27. The van der Waals surface area contributed by atoms with Crippen molar-refractivity contribution >= 4 is 25.2 Å². The molecule has 0 aliphatic carbocycles. The molecule has 0 saturated heterocycles. The van der Waals surface area contributed by atoms with Crippen LogP contribution in [0.15, 0.2) is 91.0 Å². The van der Waals surface area contributed by atoms with Gasteiger partial charge in [-0.2, -0.15) is 0 Å². The molecule has 0 amide bonds. The van der Waals surface area contributed by atoms with Crippen LogP contribution in [0.25, 0.3) is 0 Å². The highest BCUT2D eigenvalue weighted by Crippen LogP contribution is 2.59. The van der Waals surface area contributed by atoms with Crippen LogP contribution in [0.5, 0.6) is 0 Å². The lowest BCUT2D eigenvalue weighted by Crippen LogP contribution is -2.41. The van der Waals surface area contributed by atoms with Gasteiger partial charge in [-0.1, -0.05) is 127 Å². The Bertz CT molecular complexity index is 762. The first-order valence-corrected chi connectivity index (χ1v) is 10.6. The monoisotopic (exact) mass is 424 g/mol. The number of hydrogen-bond donors (Lipinski definition) is 0. The van der Waals surface area contributed by atoms with E-state index in [9.17, 15) is 0 Å². The van der Waals surface area contributed by atoms with Crippen LogP contribution in [0.4, 0.5) is 0 Å². The van der Waals surface area contributed by atoms with E-state index in [4.69, 9.17) is 0 Å². The highest BCUT2D eigenvalue weighted by Gasteiger charge is 2.49. The largest absolute Gasteiger partial charge is 0.120 e. The molecule has 0 aliphatic heterocycles. The van der Waals surface area contributed by atoms with Crippen molar-refractivity contribution in [3.05, 3.63) is 108 Å². The smallest absolute Gasteiger partial charge is 0.0676 e. The number of rotatable bonds is 7. The van der Waals surface area contributed by atoms with E-state index in [1.807, 2.05) is 0 Å². The minimum absolute atomic E-state index is 0.218. The van der Waals surface area contributed by atoms with Crippen molar-refractivity contribution in [1.29, 1.82) is 0 Å². The van der Waals surface area contributed by atoms with Gasteiger partial charge in [0.15, 0.2) is 0 Å². The third kappa shape index (κ3) is 3.53. The van der Waals surface area contributed by atoms with Gasteiger partial charge < -0.3 is 0 Å². The predicted molar refractivity (Wildman–Crippen MR) is 120 cm³/mol. The number of hydrogen-bond acceptors (Lipinski definition) is 0. The first kappa shape index (κ1) is 19.3. The van der Waals surface area contributed by atoms with Crippen LogP contribution < -0.4 is 0 Å². The average Bonchev–Trinajstić information content (AvgIpc) is 2.73. The molecule has 0 N–H and O–H groups in total. The normalized spacial score (nSPS) is 14.0. The molecule has 0 radical (unpaired) electrons. The summed E-state index contributed by atoms with van der Waals surface area (Å²) < 4.78 is -0.218. The molecule has 2 unspecified atom stereocenters. The van der Waals surface area contributed by atoms with E-state index in [0.29, 0.717) is 0 Å². The summed E-state index contributed by atoms with van der Waals surface area (Å²) in [4.78, 5) is 0. The lowest BCUT2D eigenvalue weighted by atomic mass is 9.73. The van der Waals surface area contributed by atoms with Gasteiger partial charge in [0.05, 0.1) is 9.48 Å². The molecule has 0 fully saturated rings. The van der Waals surface area contributed by atoms with Gasteiger partial charge in [-0.05, 0) is 23.1 Å². The van der Waals surface area contributed by atoms with E-state index < -0.39 is 0 Å². The summed E-state index contributed by atoms with van der Waals surface area (Å²) in [6.45, 7) is 2.26. The van der Waals surface area contributed by atoms with Crippen molar-refractivity contribution < 1.29 is 0 Å². The Morgan fingerprint density at radius 2 is 1.08 bits per heavy atom. The molecule has 0 bridgehead atoms. The molecule has 3 aromatic carbocycles. The SMILES string of the molecule is CCCCC(Br)(c1ccccc1)C(P)(c1ccccc1)c1ccccc1. The number of unbranched alkanes of at least 4 members (excludes halogenated alkanes) is 1. The summed E-state index contributed by atoms with van der Waals surface area (Å²) in [5, 5.41) is -0.272. The zero-order chi connectivity index (χ0) is 18.5. The van der Waals surface area contributed by atoms with E-state index in [0.717, 1.165) is 12.8 Å². The van der Waals surface area contributed by atoms with E-state index in [-0.39, 0.29) is 9.48 Å². The van der Waals surface area contributed by atoms with Crippen molar-refractivity contribution in [2.75, 3.05) is 0 Å². The maximum absolute atomic E-state index is 4.27. The van der Waals surface area contributed by atoms with Crippen molar-refractivity contribution in [2.24, 2.45) is 0 Å². The van der Waals surface area contributed by atoms with Crippen molar-refractivity contribution in [1.82, 2.24) is 0 Å². The van der Waals surface area contributed by atoms with Crippen LogP contribution in [0.3, 0.4) is 0 Å². The first-order valence-electron chi connectivity index (χ1n) is 9.27. The van der Waals surface area contributed by atoms with Gasteiger partial charge >= 0.3 is 0 Å². The molecule has 134 valence electrons. The van der Waals surface area contributed by atoms with Gasteiger partial charge in [0.25, 0.3) is 0 Å². The average molecular weight is 425 g/mol. The zero-order valence-corrected chi connectivity index (χ0v) is 18.0. The van der Waals surface area contributed by atoms with Crippen molar-refractivity contribution in [2.45, 2.75) is 35.7 Å². The molecule has 2 heteroatoms. The summed E-state index contributed by atoms with van der Waals surface area (Å²) in [5.74, 6) is 0. The van der Waals surface area contributed by atoms with Crippen molar-refractivity contribution in [3.8, 4) is 0 Å². The third-order valence-electron chi connectivity index (χ3n) is 5.19. The Labute approximate surface area is 168 Å². The topological polar surface area (TPSA) is 0 Å². The molecule has 26 heavy (non-hydrogen) atoms. The molecule has 0 spiro atoms. The minimum atomic E-state index is -0.272. The Morgan fingerprint density at radius 3 is 1.46 bits per heavy atom. The summed E-state index contributed by atoms with van der Waals surface area (Å²) in [5.41, 5.74) is 3.91. The van der Waals surface area contributed by atoms with Gasteiger partial charge in [0.1, 0.15) is 0 Å². The highest BCUT2D eigenvalue weighted by atomic mass is 79.9. The molecule has 0 nitrogen and oxygen atoms in total. The Hall–Kier alpha value is -1.43. The van der Waals surface area contributed by atoms with E-state index in [1.165, 1.54) is 23.1 Å². The van der Waals surface area contributed by atoms with Gasteiger partial charge in [-0.15, -0.1) is 9.24 Å². The van der Waals surface area contributed by atoms with E-state index >= 15 is 0 Å². The summed E-state index contributed by atoms with van der Waals surface area (Å²) in [6.07, 6.45) is 3.39. The van der Waals surface area contributed by atoms with Crippen molar-refractivity contribution in [3.63, 3.8) is 0 Å². The Balaban J connectivity index is 2.27. The van der Waals surface area contributed by atoms with Gasteiger partial charge in [-0.3, -0.25) is 0 Å². The number of benzene rings is 3. The maximum Gasteiger partial charge on any atom is 0.0676 e.